The van der Waals surface area contributed by atoms with Gasteiger partial charge in [-0.05, 0) is 55.2 Å². The molecule has 150 valence electrons. The number of hydrogen-bond acceptors (Lipinski definition) is 6. The highest BCUT2D eigenvalue weighted by atomic mass is 16.6. The summed E-state index contributed by atoms with van der Waals surface area (Å²) in [6.45, 7) is 1.93. The quantitative estimate of drug-likeness (QED) is 0.736. The number of ether oxygens (including phenoxy) is 4. The molecule has 1 aliphatic rings. The van der Waals surface area contributed by atoms with Gasteiger partial charge in [-0.15, -0.1) is 0 Å². The molecule has 6 nitrogen and oxygen atoms in total. The highest BCUT2D eigenvalue weighted by Crippen LogP contribution is 2.37. The van der Waals surface area contributed by atoms with Gasteiger partial charge in [-0.25, -0.2) is 0 Å². The van der Waals surface area contributed by atoms with Crippen LogP contribution in [0.25, 0.3) is 0 Å². The first-order valence-electron chi connectivity index (χ1n) is 9.24. The van der Waals surface area contributed by atoms with Gasteiger partial charge in [0.15, 0.2) is 23.0 Å². The number of aromatic hydroxyl groups is 1. The van der Waals surface area contributed by atoms with Crippen molar-refractivity contribution in [2.75, 3.05) is 21.3 Å². The first-order valence-corrected chi connectivity index (χ1v) is 9.24. The van der Waals surface area contributed by atoms with Crippen molar-refractivity contribution in [1.82, 2.24) is 0 Å². The van der Waals surface area contributed by atoms with Crippen molar-refractivity contribution >= 4 is 5.97 Å². The van der Waals surface area contributed by atoms with E-state index in [4.69, 9.17) is 18.9 Å². The lowest BCUT2D eigenvalue weighted by Crippen LogP contribution is -2.23. The van der Waals surface area contributed by atoms with E-state index in [0.29, 0.717) is 30.1 Å². The van der Waals surface area contributed by atoms with E-state index in [9.17, 15) is 9.90 Å². The van der Waals surface area contributed by atoms with Crippen LogP contribution in [0.4, 0.5) is 0 Å². The Kier molecular flexibility index (Phi) is 5.97. The maximum Gasteiger partial charge on any atom is 0.309 e. The molecule has 3 atom stereocenters. The molecule has 0 amide bonds. The van der Waals surface area contributed by atoms with E-state index in [1.54, 1.807) is 26.4 Å². The second-order valence-corrected chi connectivity index (χ2v) is 7.02. The van der Waals surface area contributed by atoms with Crippen LogP contribution in [0.5, 0.6) is 23.0 Å². The fourth-order valence-corrected chi connectivity index (χ4v) is 3.79. The zero-order valence-electron chi connectivity index (χ0n) is 16.6. The van der Waals surface area contributed by atoms with Crippen LogP contribution in [0.1, 0.15) is 18.1 Å². The number of methoxy groups -OCH3 is 3. The Labute approximate surface area is 165 Å². The van der Waals surface area contributed by atoms with E-state index in [2.05, 4.69) is 0 Å². The van der Waals surface area contributed by atoms with Crippen LogP contribution in [0.15, 0.2) is 36.4 Å². The topological polar surface area (TPSA) is 74.2 Å². The van der Waals surface area contributed by atoms with Gasteiger partial charge in [0.05, 0.1) is 27.2 Å². The number of benzene rings is 2. The number of carbonyl (C=O) groups excluding carboxylic acids is 1. The van der Waals surface area contributed by atoms with Crippen LogP contribution in [0.2, 0.25) is 0 Å². The minimum absolute atomic E-state index is 0.0328. The number of carbonyl (C=O) groups is 1. The third-order valence-electron chi connectivity index (χ3n) is 5.34. The molecule has 1 unspecified atom stereocenters. The molecule has 1 saturated heterocycles. The highest BCUT2D eigenvalue weighted by Gasteiger charge is 2.42. The summed E-state index contributed by atoms with van der Waals surface area (Å²) < 4.78 is 21.4. The average molecular weight is 386 g/mol. The van der Waals surface area contributed by atoms with E-state index in [1.165, 1.54) is 7.11 Å². The zero-order valence-corrected chi connectivity index (χ0v) is 16.6. The highest BCUT2D eigenvalue weighted by molar-refractivity contribution is 5.75. The van der Waals surface area contributed by atoms with Crippen LogP contribution in [-0.2, 0) is 22.4 Å². The normalized spacial score (nSPS) is 21.3. The fraction of sp³-hybridized carbons (Fsp3) is 0.409. The van der Waals surface area contributed by atoms with Crippen molar-refractivity contribution in [1.29, 1.82) is 0 Å². The molecule has 28 heavy (non-hydrogen) atoms. The van der Waals surface area contributed by atoms with Gasteiger partial charge in [0.1, 0.15) is 6.10 Å². The maximum absolute atomic E-state index is 12.5. The van der Waals surface area contributed by atoms with Gasteiger partial charge in [-0.1, -0.05) is 12.1 Å². The molecule has 0 saturated carbocycles. The molecule has 1 N–H and O–H groups in total. The Morgan fingerprint density at radius 1 is 0.893 bits per heavy atom. The molecule has 0 aromatic heterocycles. The summed E-state index contributed by atoms with van der Waals surface area (Å²) in [7, 11) is 4.71. The van der Waals surface area contributed by atoms with Gasteiger partial charge in [0.25, 0.3) is 0 Å². The monoisotopic (exact) mass is 386 g/mol. The smallest absolute Gasteiger partial charge is 0.309 e. The van der Waals surface area contributed by atoms with Crippen molar-refractivity contribution in [3.05, 3.63) is 47.5 Å². The average Bonchev–Trinajstić information content (AvgIpc) is 2.96. The molecule has 2 aromatic carbocycles. The molecule has 1 aliphatic heterocycles. The first kappa shape index (κ1) is 19.9. The van der Waals surface area contributed by atoms with Crippen molar-refractivity contribution in [2.45, 2.75) is 25.9 Å². The molecule has 0 spiro atoms. The molecular formula is C22H26O6. The van der Waals surface area contributed by atoms with Crippen molar-refractivity contribution in [3.8, 4) is 23.0 Å². The molecule has 0 radical (unpaired) electrons. The fourth-order valence-electron chi connectivity index (χ4n) is 3.79. The standard InChI is InChI=1S/C22H26O6/c1-13-16(9-15-6-8-19(25-2)21(12-15)27-4)17(22(24)28-13)10-14-5-7-18(23)20(11-14)26-3/h5-8,11-13,16-17,23H,9-10H2,1-4H3/t13?,16-,17+/m0/s1. The largest absolute Gasteiger partial charge is 0.504 e. The Balaban J connectivity index is 1.82. The van der Waals surface area contributed by atoms with Crippen LogP contribution in [0.3, 0.4) is 0 Å². The summed E-state index contributed by atoms with van der Waals surface area (Å²) in [4.78, 5) is 12.5. The van der Waals surface area contributed by atoms with Crippen LogP contribution >= 0.6 is 0 Å². The molecule has 0 bridgehead atoms. The van der Waals surface area contributed by atoms with E-state index < -0.39 is 0 Å². The molecular weight excluding hydrogens is 360 g/mol. The third kappa shape index (κ3) is 4.01. The Morgan fingerprint density at radius 3 is 2.18 bits per heavy atom. The number of hydrogen-bond donors (Lipinski definition) is 1. The van der Waals surface area contributed by atoms with Gasteiger partial charge >= 0.3 is 5.97 Å². The molecule has 3 rings (SSSR count). The molecule has 1 fully saturated rings. The lowest BCUT2D eigenvalue weighted by Gasteiger charge is -2.20. The van der Waals surface area contributed by atoms with Gasteiger partial charge in [-0.2, -0.15) is 0 Å². The van der Waals surface area contributed by atoms with Crippen LogP contribution in [0, 0.1) is 11.8 Å². The summed E-state index contributed by atoms with van der Waals surface area (Å²) in [5.41, 5.74) is 1.98. The predicted octanol–water partition coefficient (Wildman–Crippen LogP) is 3.38. The number of esters is 1. The maximum atomic E-state index is 12.5. The van der Waals surface area contributed by atoms with Gasteiger partial charge in [0, 0.05) is 5.92 Å². The SMILES string of the molecule is COc1cc(C[C@H]2C(=O)OC(C)[C@@H]2Cc2ccc(OC)c(OC)c2)ccc1O. The van der Waals surface area contributed by atoms with Gasteiger partial charge in [0.2, 0.25) is 0 Å². The summed E-state index contributed by atoms with van der Waals surface area (Å²) in [5, 5.41) is 9.79. The van der Waals surface area contributed by atoms with E-state index in [0.717, 1.165) is 11.1 Å². The van der Waals surface area contributed by atoms with E-state index in [1.807, 2.05) is 31.2 Å². The number of rotatable bonds is 7. The van der Waals surface area contributed by atoms with Crippen LogP contribution in [-0.4, -0.2) is 38.5 Å². The lowest BCUT2D eigenvalue weighted by molar-refractivity contribution is -0.143. The van der Waals surface area contributed by atoms with Crippen molar-refractivity contribution in [2.24, 2.45) is 11.8 Å². The van der Waals surface area contributed by atoms with Crippen molar-refractivity contribution < 1.29 is 28.8 Å². The molecule has 2 aromatic rings. The molecule has 6 heteroatoms. The van der Waals surface area contributed by atoms with Crippen molar-refractivity contribution in [3.63, 3.8) is 0 Å². The summed E-state index contributed by atoms with van der Waals surface area (Å²) in [6.07, 6.45) is 1.04. The van der Waals surface area contributed by atoms with E-state index in [-0.39, 0.29) is 29.7 Å². The third-order valence-corrected chi connectivity index (χ3v) is 5.34. The number of phenols is 1. The second kappa shape index (κ2) is 8.42. The van der Waals surface area contributed by atoms with Gasteiger partial charge in [-0.3, -0.25) is 4.79 Å². The summed E-state index contributed by atoms with van der Waals surface area (Å²) in [5.74, 6) is 1.39. The minimum Gasteiger partial charge on any atom is -0.504 e. The predicted molar refractivity (Wildman–Crippen MR) is 104 cm³/mol. The molecule has 1 heterocycles. The number of phenolic OH excluding ortho intramolecular Hbond substituents is 1. The van der Waals surface area contributed by atoms with Crippen LogP contribution < -0.4 is 14.2 Å². The Morgan fingerprint density at radius 2 is 1.50 bits per heavy atom. The zero-order chi connectivity index (χ0) is 20.3. The molecule has 0 aliphatic carbocycles. The lowest BCUT2D eigenvalue weighted by atomic mass is 9.82. The Hall–Kier alpha value is -2.89. The second-order valence-electron chi connectivity index (χ2n) is 7.02. The first-order chi connectivity index (χ1) is 13.5. The summed E-state index contributed by atoms with van der Waals surface area (Å²) >= 11 is 0. The van der Waals surface area contributed by atoms with E-state index >= 15 is 0 Å². The Bertz CT molecular complexity index is 847. The minimum atomic E-state index is -0.266. The number of cyclic esters (lactones) is 1. The van der Waals surface area contributed by atoms with Gasteiger partial charge < -0.3 is 24.1 Å². The summed E-state index contributed by atoms with van der Waals surface area (Å²) in [6, 6.07) is 10.9.